The molecule has 1 aromatic carbocycles. The zero-order valence-electron chi connectivity index (χ0n) is 13.0. The number of benzene rings is 1. The molecule has 0 N–H and O–H groups in total. The monoisotopic (exact) mass is 326 g/mol. The van der Waals surface area contributed by atoms with Crippen molar-refractivity contribution in [3.8, 4) is 5.75 Å². The minimum Gasteiger partial charge on any atom is -0.490 e. The van der Waals surface area contributed by atoms with E-state index in [1.807, 2.05) is 0 Å². The van der Waals surface area contributed by atoms with Gasteiger partial charge in [-0.1, -0.05) is 6.92 Å². The largest absolute Gasteiger partial charge is 0.490 e. The van der Waals surface area contributed by atoms with Gasteiger partial charge in [0, 0.05) is 0 Å². The van der Waals surface area contributed by atoms with E-state index in [1.165, 1.54) is 24.3 Å². The number of hydrogen-bond donors (Lipinski definition) is 0. The average molecular weight is 326 g/mol. The Labute approximate surface area is 133 Å². The van der Waals surface area contributed by atoms with E-state index in [4.69, 9.17) is 9.47 Å². The maximum absolute atomic E-state index is 12.8. The summed E-state index contributed by atoms with van der Waals surface area (Å²) in [6.07, 6.45) is -0.0544. The second kappa shape index (κ2) is 9.55. The molecule has 0 aliphatic rings. The molecule has 0 radical (unpaired) electrons. The lowest BCUT2D eigenvalue weighted by Crippen LogP contribution is -2.26. The Bertz CT molecular complexity index is 540. The number of esters is 2. The lowest BCUT2D eigenvalue weighted by molar-refractivity contribution is -0.159. The highest BCUT2D eigenvalue weighted by atomic mass is 19.1. The Morgan fingerprint density at radius 2 is 1.78 bits per heavy atom. The molecule has 0 aliphatic carbocycles. The molecule has 23 heavy (non-hydrogen) atoms. The summed E-state index contributed by atoms with van der Waals surface area (Å²) in [5.74, 6) is -2.60. The standard InChI is InChI=1S/C16H19FO6/c1-3-8-21-16(20)14(18)10-22-15(19)9-11(2)23-13-6-4-12(17)5-7-13/h4-7,11H,3,8-10H2,1-2H3. The van der Waals surface area contributed by atoms with Gasteiger partial charge in [-0.2, -0.15) is 0 Å². The number of carbonyl (C=O) groups excluding carboxylic acids is 3. The van der Waals surface area contributed by atoms with Gasteiger partial charge in [-0.05, 0) is 37.6 Å². The molecule has 7 heteroatoms. The summed E-state index contributed by atoms with van der Waals surface area (Å²) in [6, 6.07) is 5.34. The van der Waals surface area contributed by atoms with Gasteiger partial charge in [-0.15, -0.1) is 0 Å². The third-order valence-corrected chi connectivity index (χ3v) is 2.63. The Morgan fingerprint density at radius 1 is 1.13 bits per heavy atom. The molecule has 0 saturated carbocycles. The number of hydrogen-bond acceptors (Lipinski definition) is 6. The van der Waals surface area contributed by atoms with Gasteiger partial charge in [0.05, 0.1) is 13.0 Å². The molecule has 1 unspecified atom stereocenters. The molecule has 0 aliphatic heterocycles. The maximum Gasteiger partial charge on any atom is 0.378 e. The number of Topliss-reactive ketones (excluding diaryl/α,β-unsaturated/α-hetero) is 1. The predicted molar refractivity (Wildman–Crippen MR) is 78.3 cm³/mol. The molecule has 0 bridgehead atoms. The quantitative estimate of drug-likeness (QED) is 0.510. The van der Waals surface area contributed by atoms with E-state index in [0.717, 1.165) is 0 Å². The van der Waals surface area contributed by atoms with Gasteiger partial charge in [0.25, 0.3) is 5.78 Å². The molecular formula is C16H19FO6. The molecule has 0 aromatic heterocycles. The first-order valence-electron chi connectivity index (χ1n) is 7.20. The number of rotatable bonds is 9. The smallest absolute Gasteiger partial charge is 0.378 e. The Morgan fingerprint density at radius 3 is 2.39 bits per heavy atom. The van der Waals surface area contributed by atoms with Gasteiger partial charge in [0.15, 0.2) is 6.61 Å². The first-order chi connectivity index (χ1) is 10.9. The van der Waals surface area contributed by atoms with Crippen molar-refractivity contribution >= 4 is 17.7 Å². The Hall–Kier alpha value is -2.44. The molecule has 1 rings (SSSR count). The van der Waals surface area contributed by atoms with E-state index in [-0.39, 0.29) is 13.0 Å². The summed E-state index contributed by atoms with van der Waals surface area (Å²) >= 11 is 0. The zero-order chi connectivity index (χ0) is 17.2. The first-order valence-corrected chi connectivity index (χ1v) is 7.20. The van der Waals surface area contributed by atoms with Crippen LogP contribution in [0.25, 0.3) is 0 Å². The molecule has 0 amide bonds. The SMILES string of the molecule is CCCOC(=O)C(=O)COC(=O)CC(C)Oc1ccc(F)cc1. The van der Waals surface area contributed by atoms with Crippen molar-refractivity contribution in [1.82, 2.24) is 0 Å². The summed E-state index contributed by atoms with van der Waals surface area (Å²) in [5, 5.41) is 0. The van der Waals surface area contributed by atoms with Crippen molar-refractivity contribution < 1.29 is 33.0 Å². The fourth-order valence-electron chi connectivity index (χ4n) is 1.56. The van der Waals surface area contributed by atoms with Gasteiger partial charge in [0.1, 0.15) is 17.7 Å². The third kappa shape index (κ3) is 7.39. The van der Waals surface area contributed by atoms with Crippen molar-refractivity contribution in [3.05, 3.63) is 30.1 Å². The summed E-state index contributed by atoms with van der Waals surface area (Å²) in [4.78, 5) is 34.1. The van der Waals surface area contributed by atoms with Crippen LogP contribution in [0.3, 0.4) is 0 Å². The Balaban J connectivity index is 2.31. The fourth-order valence-corrected chi connectivity index (χ4v) is 1.56. The summed E-state index contributed by atoms with van der Waals surface area (Å²) < 4.78 is 27.5. The van der Waals surface area contributed by atoms with E-state index < -0.39 is 36.2 Å². The molecule has 1 aromatic rings. The van der Waals surface area contributed by atoms with Crippen molar-refractivity contribution in [3.63, 3.8) is 0 Å². The highest BCUT2D eigenvalue weighted by molar-refractivity contribution is 6.34. The van der Waals surface area contributed by atoms with Gasteiger partial charge >= 0.3 is 11.9 Å². The van der Waals surface area contributed by atoms with E-state index in [0.29, 0.717) is 12.2 Å². The second-order valence-electron chi connectivity index (χ2n) is 4.81. The fraction of sp³-hybridized carbons (Fsp3) is 0.438. The van der Waals surface area contributed by atoms with Crippen LogP contribution >= 0.6 is 0 Å². The number of ether oxygens (including phenoxy) is 3. The van der Waals surface area contributed by atoms with Crippen LogP contribution in [0.4, 0.5) is 4.39 Å². The normalized spacial score (nSPS) is 11.4. The maximum atomic E-state index is 12.8. The molecule has 1 atom stereocenters. The van der Waals surface area contributed by atoms with E-state index in [1.54, 1.807) is 13.8 Å². The molecule has 126 valence electrons. The molecule has 0 saturated heterocycles. The first kappa shape index (κ1) is 18.6. The van der Waals surface area contributed by atoms with E-state index >= 15 is 0 Å². The van der Waals surface area contributed by atoms with E-state index in [2.05, 4.69) is 4.74 Å². The lowest BCUT2D eigenvalue weighted by atomic mass is 10.2. The number of carbonyl (C=O) groups is 3. The van der Waals surface area contributed by atoms with Crippen LogP contribution in [0.5, 0.6) is 5.75 Å². The third-order valence-electron chi connectivity index (χ3n) is 2.63. The number of halogens is 1. The van der Waals surface area contributed by atoms with Crippen molar-refractivity contribution in [2.75, 3.05) is 13.2 Å². The molecule has 0 fully saturated rings. The van der Waals surface area contributed by atoms with Crippen LogP contribution in [0, 0.1) is 5.82 Å². The van der Waals surface area contributed by atoms with Gasteiger partial charge < -0.3 is 14.2 Å². The van der Waals surface area contributed by atoms with Crippen molar-refractivity contribution in [2.24, 2.45) is 0 Å². The Kier molecular flexibility index (Phi) is 7.73. The second-order valence-corrected chi connectivity index (χ2v) is 4.81. The average Bonchev–Trinajstić information content (AvgIpc) is 2.52. The van der Waals surface area contributed by atoms with Crippen LogP contribution in [-0.4, -0.2) is 37.0 Å². The predicted octanol–water partition coefficient (Wildman–Crippen LogP) is 2.05. The minimum atomic E-state index is -1.02. The van der Waals surface area contributed by atoms with Crippen LogP contribution in [0.2, 0.25) is 0 Å². The van der Waals surface area contributed by atoms with Gasteiger partial charge in [-0.25, -0.2) is 9.18 Å². The highest BCUT2D eigenvalue weighted by Crippen LogP contribution is 2.14. The van der Waals surface area contributed by atoms with Gasteiger partial charge in [0.2, 0.25) is 0 Å². The summed E-state index contributed by atoms with van der Waals surface area (Å²) in [6.45, 7) is 2.90. The molecule has 6 nitrogen and oxygen atoms in total. The van der Waals surface area contributed by atoms with Crippen molar-refractivity contribution in [2.45, 2.75) is 32.8 Å². The highest BCUT2D eigenvalue weighted by Gasteiger charge is 2.19. The minimum absolute atomic E-state index is 0.116. The molecule has 0 heterocycles. The van der Waals surface area contributed by atoms with Crippen LogP contribution in [0.15, 0.2) is 24.3 Å². The number of ketones is 1. The summed E-state index contributed by atoms with van der Waals surface area (Å²) in [5.41, 5.74) is 0. The summed E-state index contributed by atoms with van der Waals surface area (Å²) in [7, 11) is 0. The van der Waals surface area contributed by atoms with Crippen LogP contribution in [0.1, 0.15) is 26.7 Å². The lowest BCUT2D eigenvalue weighted by Gasteiger charge is -2.13. The molecule has 0 spiro atoms. The van der Waals surface area contributed by atoms with Crippen molar-refractivity contribution in [1.29, 1.82) is 0 Å². The zero-order valence-corrected chi connectivity index (χ0v) is 13.0. The van der Waals surface area contributed by atoms with E-state index in [9.17, 15) is 18.8 Å². The molecular weight excluding hydrogens is 307 g/mol. The van der Waals surface area contributed by atoms with Gasteiger partial charge in [-0.3, -0.25) is 9.59 Å². The topological polar surface area (TPSA) is 78.9 Å². The van der Waals surface area contributed by atoms with Crippen LogP contribution in [-0.2, 0) is 23.9 Å². The van der Waals surface area contributed by atoms with Crippen LogP contribution < -0.4 is 4.74 Å².